The van der Waals surface area contributed by atoms with Gasteiger partial charge in [0.1, 0.15) is 11.6 Å². The molecule has 3 aromatic rings. The van der Waals surface area contributed by atoms with Crippen molar-refractivity contribution in [3.05, 3.63) is 101 Å². The topological polar surface area (TPSA) is 62.3 Å². The molecule has 1 N–H and O–H groups in total. The van der Waals surface area contributed by atoms with Gasteiger partial charge in [-0.15, -0.1) is 0 Å². The van der Waals surface area contributed by atoms with Crippen molar-refractivity contribution >= 4 is 11.9 Å². The van der Waals surface area contributed by atoms with Gasteiger partial charge in [0.2, 0.25) is 5.91 Å². The van der Waals surface area contributed by atoms with Gasteiger partial charge in [-0.2, -0.15) is 0 Å². The molecule has 33 heavy (non-hydrogen) atoms. The van der Waals surface area contributed by atoms with E-state index in [0.717, 1.165) is 22.6 Å². The summed E-state index contributed by atoms with van der Waals surface area (Å²) in [5.74, 6) is 3.57. The van der Waals surface area contributed by atoms with Crippen LogP contribution >= 0.6 is 0 Å². The van der Waals surface area contributed by atoms with E-state index >= 15 is 0 Å². The van der Waals surface area contributed by atoms with E-state index in [9.17, 15) is 18.4 Å². The Kier molecular flexibility index (Phi) is 6.18. The van der Waals surface area contributed by atoms with Crippen molar-refractivity contribution < 1.29 is 18.4 Å². The van der Waals surface area contributed by atoms with Gasteiger partial charge in [0.05, 0.1) is 12.0 Å². The van der Waals surface area contributed by atoms with Gasteiger partial charge in [0, 0.05) is 35.6 Å². The average molecular weight is 445 g/mol. The number of nitrogens with zero attached hydrogens (tertiary/aromatic N) is 2. The second-order valence-electron chi connectivity index (χ2n) is 8.01. The predicted molar refractivity (Wildman–Crippen MR) is 119 cm³/mol. The summed E-state index contributed by atoms with van der Waals surface area (Å²) in [6, 6.07) is 14.4. The Morgan fingerprint density at radius 3 is 2.36 bits per heavy atom. The first-order valence-corrected chi connectivity index (χ1v) is 10.4. The molecule has 166 valence electrons. The molecule has 1 aliphatic rings. The lowest BCUT2D eigenvalue weighted by Crippen LogP contribution is -2.59. The number of benzene rings is 2. The van der Waals surface area contributed by atoms with Crippen LogP contribution < -0.4 is 5.32 Å². The zero-order valence-electron chi connectivity index (χ0n) is 17.9. The molecule has 0 bridgehead atoms. The third-order valence-corrected chi connectivity index (χ3v) is 5.58. The van der Waals surface area contributed by atoms with Crippen LogP contribution in [0.25, 0.3) is 0 Å². The first kappa shape index (κ1) is 22.2. The molecule has 7 heteroatoms. The van der Waals surface area contributed by atoms with Crippen LogP contribution in [0.2, 0.25) is 0 Å². The lowest BCUT2D eigenvalue weighted by Gasteiger charge is -2.39. The number of hydrogen-bond donors (Lipinski definition) is 1. The molecular weight excluding hydrogens is 424 g/mol. The van der Waals surface area contributed by atoms with E-state index in [-0.39, 0.29) is 30.5 Å². The first-order chi connectivity index (χ1) is 15.9. The highest BCUT2D eigenvalue weighted by molar-refractivity contribution is 5.98. The van der Waals surface area contributed by atoms with Gasteiger partial charge in [-0.25, -0.2) is 13.6 Å². The van der Waals surface area contributed by atoms with E-state index in [1.54, 1.807) is 31.5 Å². The smallest absolute Gasteiger partial charge is 0.324 e. The van der Waals surface area contributed by atoms with E-state index in [2.05, 4.69) is 22.1 Å². The van der Waals surface area contributed by atoms with Gasteiger partial charge in [-0.3, -0.25) is 14.7 Å². The van der Waals surface area contributed by atoms with Gasteiger partial charge < -0.3 is 5.32 Å². The van der Waals surface area contributed by atoms with Gasteiger partial charge in [-0.1, -0.05) is 42.2 Å². The van der Waals surface area contributed by atoms with Crippen LogP contribution in [0.1, 0.15) is 35.6 Å². The zero-order valence-corrected chi connectivity index (χ0v) is 17.9. The molecule has 1 aromatic heterocycles. The van der Waals surface area contributed by atoms with Crippen molar-refractivity contribution in [1.29, 1.82) is 0 Å². The van der Waals surface area contributed by atoms with Crippen molar-refractivity contribution in [1.82, 2.24) is 15.2 Å². The molecule has 1 atom stereocenters. The highest BCUT2D eigenvalue weighted by Gasteiger charge is 2.40. The van der Waals surface area contributed by atoms with Crippen molar-refractivity contribution in [3.8, 4) is 11.8 Å². The summed E-state index contributed by atoms with van der Waals surface area (Å²) in [5, 5.41) is 2.85. The normalized spacial score (nSPS) is 17.8. The van der Waals surface area contributed by atoms with Crippen molar-refractivity contribution in [3.63, 3.8) is 0 Å². The molecule has 0 spiro atoms. The maximum absolute atomic E-state index is 14.6. The number of carbonyl (C=O) groups excluding carboxylic acids is 2. The van der Waals surface area contributed by atoms with Crippen molar-refractivity contribution in [2.45, 2.75) is 25.3 Å². The number of urea groups is 1. The minimum Gasteiger partial charge on any atom is -0.328 e. The summed E-state index contributed by atoms with van der Waals surface area (Å²) >= 11 is 0. The Morgan fingerprint density at radius 2 is 1.73 bits per heavy atom. The van der Waals surface area contributed by atoms with Crippen LogP contribution in [0.5, 0.6) is 0 Å². The summed E-state index contributed by atoms with van der Waals surface area (Å²) in [6.45, 7) is 1.64. The molecule has 0 unspecified atom stereocenters. The number of carbonyl (C=O) groups is 2. The predicted octanol–water partition coefficient (Wildman–Crippen LogP) is 4.16. The number of pyridine rings is 1. The average Bonchev–Trinajstić information content (AvgIpc) is 2.80. The number of rotatable bonds is 4. The van der Waals surface area contributed by atoms with E-state index in [1.807, 2.05) is 30.3 Å². The standard InChI is InChI=1S/C26H21F2N3O2/c1-26(20-7-3-2-4-8-20)16-24(32)31(25(33)30-26)13-11-21-22(27)14-19(15-23(21)28)10-9-18-6-5-12-29-17-18/h2-8,12,14-15,17H,11,13,16H2,1H3,(H,30,33)/t26-/m0/s1. The highest BCUT2D eigenvalue weighted by atomic mass is 19.1. The number of imide groups is 1. The van der Waals surface area contributed by atoms with E-state index in [1.165, 1.54) is 0 Å². The summed E-state index contributed by atoms with van der Waals surface area (Å²) in [6.07, 6.45) is 3.07. The number of hydrogen-bond acceptors (Lipinski definition) is 3. The molecule has 4 rings (SSSR count). The van der Waals surface area contributed by atoms with E-state index < -0.39 is 29.1 Å². The SMILES string of the molecule is C[C@@]1(c2ccccc2)CC(=O)N(CCc2c(F)cc(C#Cc3cccnc3)cc2F)C(=O)N1. The molecule has 1 aliphatic heterocycles. The van der Waals surface area contributed by atoms with Gasteiger partial charge >= 0.3 is 6.03 Å². The van der Waals surface area contributed by atoms with E-state index in [4.69, 9.17) is 0 Å². The third-order valence-electron chi connectivity index (χ3n) is 5.58. The molecule has 1 fully saturated rings. The minimum absolute atomic E-state index is 0.0522. The van der Waals surface area contributed by atoms with Crippen LogP contribution in [0.4, 0.5) is 13.6 Å². The van der Waals surface area contributed by atoms with Gasteiger partial charge in [0.25, 0.3) is 0 Å². The Morgan fingerprint density at radius 1 is 1.03 bits per heavy atom. The van der Waals surface area contributed by atoms with Crippen LogP contribution in [0.15, 0.2) is 67.0 Å². The van der Waals surface area contributed by atoms with E-state index in [0.29, 0.717) is 5.56 Å². The highest BCUT2D eigenvalue weighted by Crippen LogP contribution is 2.29. The molecule has 3 amide bonds. The molecule has 1 saturated heterocycles. The molecule has 5 nitrogen and oxygen atoms in total. The third kappa shape index (κ3) is 4.90. The van der Waals surface area contributed by atoms with Crippen molar-refractivity contribution in [2.24, 2.45) is 0 Å². The summed E-state index contributed by atoms with van der Waals surface area (Å²) in [5.41, 5.74) is 0.588. The summed E-state index contributed by atoms with van der Waals surface area (Å²) in [4.78, 5) is 30.3. The molecule has 0 saturated carbocycles. The Labute approximate surface area is 190 Å². The number of halogens is 2. The van der Waals surface area contributed by atoms with Gasteiger partial charge in [-0.05, 0) is 43.2 Å². The van der Waals surface area contributed by atoms with Crippen LogP contribution in [-0.2, 0) is 16.8 Å². The number of nitrogens with one attached hydrogen (secondary N) is 1. The Bertz CT molecular complexity index is 1210. The summed E-state index contributed by atoms with van der Waals surface area (Å²) < 4.78 is 29.2. The Balaban J connectivity index is 1.45. The fraction of sp³-hybridized carbons (Fsp3) is 0.192. The fourth-order valence-corrected chi connectivity index (χ4v) is 3.78. The number of aromatic nitrogens is 1. The molecule has 2 heterocycles. The lowest BCUT2D eigenvalue weighted by molar-refractivity contribution is -0.131. The maximum atomic E-state index is 14.6. The molecule has 2 aromatic carbocycles. The quantitative estimate of drug-likeness (QED) is 0.614. The Hall–Kier alpha value is -4.05. The van der Waals surface area contributed by atoms with Crippen molar-refractivity contribution in [2.75, 3.05) is 6.54 Å². The minimum atomic E-state index is -0.836. The van der Waals surface area contributed by atoms with Crippen LogP contribution in [0, 0.1) is 23.5 Å². The van der Waals surface area contributed by atoms with Crippen LogP contribution in [-0.4, -0.2) is 28.4 Å². The monoisotopic (exact) mass is 445 g/mol. The summed E-state index contributed by atoms with van der Waals surface area (Å²) in [7, 11) is 0. The molecular formula is C26H21F2N3O2. The fourth-order valence-electron chi connectivity index (χ4n) is 3.78. The second-order valence-corrected chi connectivity index (χ2v) is 8.01. The first-order valence-electron chi connectivity index (χ1n) is 10.4. The second kappa shape index (κ2) is 9.21. The van der Waals surface area contributed by atoms with Crippen LogP contribution in [0.3, 0.4) is 0 Å². The largest absolute Gasteiger partial charge is 0.328 e. The molecule has 0 radical (unpaired) electrons. The molecule has 0 aliphatic carbocycles. The number of amides is 3. The zero-order chi connectivity index (χ0) is 23.4. The lowest BCUT2D eigenvalue weighted by atomic mass is 9.86. The maximum Gasteiger partial charge on any atom is 0.324 e. The van der Waals surface area contributed by atoms with Gasteiger partial charge in [0.15, 0.2) is 0 Å².